The normalized spacial score (nSPS) is 11.2. The number of hydrogen-bond acceptors (Lipinski definition) is 4. The maximum atomic E-state index is 13.8. The van der Waals surface area contributed by atoms with Crippen molar-refractivity contribution >= 4 is 11.6 Å². The van der Waals surface area contributed by atoms with Crippen molar-refractivity contribution in [3.8, 4) is 0 Å². The van der Waals surface area contributed by atoms with Crippen LogP contribution in [0.25, 0.3) is 0 Å². The molecule has 0 aliphatic carbocycles. The lowest BCUT2D eigenvalue weighted by atomic mass is 9.90. The summed E-state index contributed by atoms with van der Waals surface area (Å²) in [6, 6.07) is 24.8. The Bertz CT molecular complexity index is 958. The first-order chi connectivity index (χ1) is 14.1. The zero-order valence-electron chi connectivity index (χ0n) is 16.6. The van der Waals surface area contributed by atoms with E-state index in [0.717, 1.165) is 0 Å². The molecule has 0 fully saturated rings. The molecule has 148 valence electrons. The minimum atomic E-state index is -1.61. The van der Waals surface area contributed by atoms with Crippen LogP contribution in [0, 0.1) is 0 Å². The maximum absolute atomic E-state index is 13.8. The van der Waals surface area contributed by atoms with Gasteiger partial charge in [0.2, 0.25) is 5.78 Å². The molecule has 3 aromatic carbocycles. The molecule has 0 heterocycles. The lowest BCUT2D eigenvalue weighted by molar-refractivity contribution is -0.204. The molecule has 0 spiro atoms. The summed E-state index contributed by atoms with van der Waals surface area (Å²) in [5.41, 5.74) is 1.71. The number of carbonyl (C=O) groups is 2. The summed E-state index contributed by atoms with van der Waals surface area (Å²) in [6.07, 6.45) is 0. The number of carbonyl (C=O) groups excluding carboxylic acids is 2. The van der Waals surface area contributed by atoms with Gasteiger partial charge in [-0.05, 0) is 13.8 Å². The van der Waals surface area contributed by atoms with Gasteiger partial charge in [0.25, 0.3) is 5.79 Å². The van der Waals surface area contributed by atoms with Crippen molar-refractivity contribution in [2.75, 3.05) is 13.2 Å². The predicted octanol–water partition coefficient (Wildman–Crippen LogP) is 5.03. The Kier molecular flexibility index (Phi) is 6.70. The van der Waals surface area contributed by atoms with Crippen LogP contribution in [-0.4, -0.2) is 24.8 Å². The van der Waals surface area contributed by atoms with Crippen molar-refractivity contribution in [2.45, 2.75) is 19.6 Å². The van der Waals surface area contributed by atoms with Gasteiger partial charge < -0.3 is 9.47 Å². The van der Waals surface area contributed by atoms with E-state index in [2.05, 4.69) is 0 Å². The molecule has 0 aromatic heterocycles. The highest BCUT2D eigenvalue weighted by Crippen LogP contribution is 2.33. The van der Waals surface area contributed by atoms with E-state index in [4.69, 9.17) is 9.47 Å². The predicted molar refractivity (Wildman–Crippen MR) is 112 cm³/mol. The highest BCUT2D eigenvalue weighted by molar-refractivity contribution is 6.17. The SMILES string of the molecule is CCOC(OCC)(C(=O)c1ccccc1C(=O)c1ccccc1)c1ccccc1. The number of rotatable bonds is 9. The molecule has 0 saturated heterocycles. The van der Waals surface area contributed by atoms with Gasteiger partial charge in [-0.1, -0.05) is 84.9 Å². The molecular formula is C25H24O4. The van der Waals surface area contributed by atoms with Gasteiger partial charge in [0.15, 0.2) is 5.78 Å². The largest absolute Gasteiger partial charge is 0.340 e. The minimum Gasteiger partial charge on any atom is -0.340 e. The zero-order chi connectivity index (χ0) is 20.7. The van der Waals surface area contributed by atoms with Crippen molar-refractivity contribution < 1.29 is 19.1 Å². The molecule has 0 aliphatic rings. The van der Waals surface area contributed by atoms with Crippen LogP contribution in [0.3, 0.4) is 0 Å². The minimum absolute atomic E-state index is 0.218. The van der Waals surface area contributed by atoms with Gasteiger partial charge in [-0.15, -0.1) is 0 Å². The summed E-state index contributed by atoms with van der Waals surface area (Å²) in [4.78, 5) is 26.9. The monoisotopic (exact) mass is 388 g/mol. The van der Waals surface area contributed by atoms with Gasteiger partial charge in [0.05, 0.1) is 0 Å². The molecular weight excluding hydrogens is 364 g/mol. The Balaban J connectivity index is 2.13. The molecule has 0 saturated carbocycles. The van der Waals surface area contributed by atoms with Gasteiger partial charge in [-0.3, -0.25) is 9.59 Å². The summed E-state index contributed by atoms with van der Waals surface area (Å²) in [6.45, 7) is 4.17. The summed E-state index contributed by atoms with van der Waals surface area (Å²) < 4.78 is 11.9. The molecule has 0 atom stereocenters. The van der Waals surface area contributed by atoms with Gasteiger partial charge in [-0.25, -0.2) is 0 Å². The van der Waals surface area contributed by atoms with E-state index in [1.807, 2.05) is 38.1 Å². The molecule has 0 bridgehead atoms. The lowest BCUT2D eigenvalue weighted by Crippen LogP contribution is -2.42. The Labute approximate surface area is 171 Å². The van der Waals surface area contributed by atoms with E-state index in [0.29, 0.717) is 16.7 Å². The van der Waals surface area contributed by atoms with Gasteiger partial charge in [-0.2, -0.15) is 0 Å². The van der Waals surface area contributed by atoms with Crippen molar-refractivity contribution in [3.05, 3.63) is 107 Å². The fraction of sp³-hybridized carbons (Fsp3) is 0.200. The van der Waals surface area contributed by atoms with Gasteiger partial charge >= 0.3 is 0 Å². The quantitative estimate of drug-likeness (QED) is 0.381. The molecule has 4 heteroatoms. The fourth-order valence-corrected chi connectivity index (χ4v) is 3.34. The van der Waals surface area contributed by atoms with Crippen LogP contribution in [0.5, 0.6) is 0 Å². The van der Waals surface area contributed by atoms with Crippen LogP contribution in [0.2, 0.25) is 0 Å². The second kappa shape index (κ2) is 9.41. The lowest BCUT2D eigenvalue weighted by Gasteiger charge is -2.32. The highest BCUT2D eigenvalue weighted by Gasteiger charge is 2.44. The van der Waals surface area contributed by atoms with Crippen LogP contribution in [0.4, 0.5) is 0 Å². The third-order valence-corrected chi connectivity index (χ3v) is 4.60. The van der Waals surface area contributed by atoms with Gasteiger partial charge in [0, 0.05) is 35.5 Å². The molecule has 0 amide bonds. The number of ether oxygens (including phenoxy) is 2. The average molecular weight is 388 g/mol. The maximum Gasteiger partial charge on any atom is 0.261 e. The number of hydrogen-bond donors (Lipinski definition) is 0. The first-order valence-corrected chi connectivity index (χ1v) is 9.71. The molecule has 0 aliphatic heterocycles. The number of ketones is 2. The number of Topliss-reactive ketones (excluding diaryl/α,β-unsaturated/α-hetero) is 1. The first-order valence-electron chi connectivity index (χ1n) is 9.71. The molecule has 0 radical (unpaired) electrons. The van der Waals surface area contributed by atoms with E-state index in [9.17, 15) is 9.59 Å². The molecule has 29 heavy (non-hydrogen) atoms. The first kappa shape index (κ1) is 20.6. The Morgan fingerprint density at radius 3 is 1.72 bits per heavy atom. The standard InChI is InChI=1S/C25H24O4/c1-3-28-25(29-4-2,20-15-9-6-10-16-20)24(27)22-18-12-11-17-21(22)23(26)19-13-7-5-8-14-19/h5-18H,3-4H2,1-2H3. The van der Waals surface area contributed by atoms with Crippen molar-refractivity contribution in [2.24, 2.45) is 0 Å². The Morgan fingerprint density at radius 2 is 1.17 bits per heavy atom. The zero-order valence-corrected chi connectivity index (χ0v) is 16.6. The van der Waals surface area contributed by atoms with Gasteiger partial charge in [0.1, 0.15) is 0 Å². The molecule has 0 unspecified atom stereocenters. The fourth-order valence-electron chi connectivity index (χ4n) is 3.34. The van der Waals surface area contributed by atoms with Crippen molar-refractivity contribution in [3.63, 3.8) is 0 Å². The molecule has 3 aromatic rings. The molecule has 4 nitrogen and oxygen atoms in total. The summed E-state index contributed by atoms with van der Waals surface area (Å²) in [7, 11) is 0. The van der Waals surface area contributed by atoms with Crippen molar-refractivity contribution in [1.82, 2.24) is 0 Å². The van der Waals surface area contributed by atoms with Crippen LogP contribution in [0.1, 0.15) is 45.7 Å². The van der Waals surface area contributed by atoms with E-state index in [1.54, 1.807) is 60.7 Å². The third-order valence-electron chi connectivity index (χ3n) is 4.60. The Morgan fingerprint density at radius 1 is 0.690 bits per heavy atom. The molecule has 0 N–H and O–H groups in total. The van der Waals surface area contributed by atoms with E-state index in [1.165, 1.54) is 0 Å². The third kappa shape index (κ3) is 4.19. The smallest absolute Gasteiger partial charge is 0.261 e. The van der Waals surface area contributed by atoms with E-state index < -0.39 is 11.6 Å². The second-order valence-corrected chi connectivity index (χ2v) is 6.42. The average Bonchev–Trinajstić information content (AvgIpc) is 2.79. The van der Waals surface area contributed by atoms with E-state index >= 15 is 0 Å². The number of benzene rings is 3. The topological polar surface area (TPSA) is 52.6 Å². The highest BCUT2D eigenvalue weighted by atomic mass is 16.7. The molecule has 3 rings (SSSR count). The second-order valence-electron chi connectivity index (χ2n) is 6.42. The Hall–Kier alpha value is -3.08. The summed E-state index contributed by atoms with van der Waals surface area (Å²) >= 11 is 0. The van der Waals surface area contributed by atoms with Crippen LogP contribution >= 0.6 is 0 Å². The van der Waals surface area contributed by atoms with Crippen LogP contribution < -0.4 is 0 Å². The summed E-state index contributed by atoms with van der Waals surface area (Å²) in [5, 5.41) is 0. The van der Waals surface area contributed by atoms with E-state index in [-0.39, 0.29) is 24.6 Å². The summed E-state index contributed by atoms with van der Waals surface area (Å²) in [5.74, 6) is -2.23. The van der Waals surface area contributed by atoms with Crippen LogP contribution in [-0.2, 0) is 15.3 Å². The van der Waals surface area contributed by atoms with Crippen LogP contribution in [0.15, 0.2) is 84.9 Å². The van der Waals surface area contributed by atoms with Crippen molar-refractivity contribution in [1.29, 1.82) is 0 Å².